The number of carbonyl (C=O) groups is 4. The van der Waals surface area contributed by atoms with E-state index in [1.807, 2.05) is 0 Å². The molecule has 1 aliphatic carbocycles. The summed E-state index contributed by atoms with van der Waals surface area (Å²) in [5.74, 6) is -2.96. The Bertz CT molecular complexity index is 540. The minimum atomic E-state index is -1.23. The van der Waals surface area contributed by atoms with E-state index >= 15 is 0 Å². The zero-order chi connectivity index (χ0) is 24.1. The predicted molar refractivity (Wildman–Crippen MR) is 125 cm³/mol. The average molecular weight is 497 g/mol. The first-order chi connectivity index (χ1) is 14.3. The molecule has 33 heavy (non-hydrogen) atoms. The summed E-state index contributed by atoms with van der Waals surface area (Å²) in [5, 5.41) is 44.2. The van der Waals surface area contributed by atoms with Crippen LogP contribution in [0.4, 0.5) is 0 Å². The Morgan fingerprint density at radius 3 is 1.33 bits per heavy atom. The Labute approximate surface area is 239 Å². The summed E-state index contributed by atoms with van der Waals surface area (Å²) in [6.07, 6.45) is 3.52. The van der Waals surface area contributed by atoms with Gasteiger partial charge in [0.1, 0.15) is 0 Å². The Kier molecular flexibility index (Phi) is 22.6. The van der Waals surface area contributed by atoms with Crippen LogP contribution in [0.2, 0.25) is 0 Å². The van der Waals surface area contributed by atoms with E-state index in [9.17, 15) is 24.3 Å². The molecule has 1 fully saturated rings. The van der Waals surface area contributed by atoms with Crippen molar-refractivity contribution in [3.05, 3.63) is 0 Å². The molecule has 0 saturated heterocycles. The van der Waals surface area contributed by atoms with Gasteiger partial charge >= 0.3 is 83.0 Å². The fourth-order valence-electron chi connectivity index (χ4n) is 3.63. The first kappa shape index (κ1) is 37.3. The third-order valence-electron chi connectivity index (χ3n) is 5.16. The number of carboxylic acid groups (broad SMARTS) is 4. The molecule has 1 saturated carbocycles. The maximum absolute atomic E-state index is 10.6. The second-order valence-electron chi connectivity index (χ2n) is 8.39. The third-order valence-corrected chi connectivity index (χ3v) is 5.16. The van der Waals surface area contributed by atoms with E-state index in [1.54, 1.807) is 0 Å². The molecule has 0 spiro atoms. The monoisotopic (exact) mass is 496 g/mol. The van der Waals surface area contributed by atoms with Crippen molar-refractivity contribution in [1.29, 1.82) is 0 Å². The van der Waals surface area contributed by atoms with Crippen molar-refractivity contribution in [2.75, 3.05) is 39.3 Å². The standard InChI is InChI=1S/C10H16N2O8.C10H20O.2Na.2H/c13-7(14)3-11(4-8(15)16)1-2-12(5-9(17)18)6-10(19)20;1-7(2)9-5-4-8(3)6-10(9)11;;;;/h1-6H2,(H,13,14)(H,15,16)(H,17,18)(H,19,20);7-11H,4-6H2,1-3H3;;;;. The number of nitrogens with zero attached hydrogens (tertiary/aromatic N) is 2. The van der Waals surface area contributed by atoms with Gasteiger partial charge in [0, 0.05) is 13.1 Å². The summed E-state index contributed by atoms with van der Waals surface area (Å²) in [4.78, 5) is 44.4. The molecule has 0 aromatic heterocycles. The molecule has 13 heteroatoms. The van der Waals surface area contributed by atoms with Gasteiger partial charge in [-0.2, -0.15) is 0 Å². The predicted octanol–water partition coefficient (Wildman–Crippen LogP) is -0.929. The Morgan fingerprint density at radius 1 is 0.758 bits per heavy atom. The van der Waals surface area contributed by atoms with Gasteiger partial charge in [-0.15, -0.1) is 0 Å². The van der Waals surface area contributed by atoms with E-state index in [0.29, 0.717) is 11.8 Å². The third kappa shape index (κ3) is 19.7. The maximum atomic E-state index is 10.6. The van der Waals surface area contributed by atoms with E-state index in [4.69, 9.17) is 20.4 Å². The fraction of sp³-hybridized carbons (Fsp3) is 0.800. The van der Waals surface area contributed by atoms with Crippen LogP contribution in [0.1, 0.15) is 40.0 Å². The van der Waals surface area contributed by atoms with Gasteiger partial charge in [0.25, 0.3) is 0 Å². The second-order valence-corrected chi connectivity index (χ2v) is 8.39. The Morgan fingerprint density at radius 2 is 1.09 bits per heavy atom. The summed E-state index contributed by atoms with van der Waals surface area (Å²) in [7, 11) is 0. The van der Waals surface area contributed by atoms with Crippen molar-refractivity contribution in [3.63, 3.8) is 0 Å². The van der Waals surface area contributed by atoms with Gasteiger partial charge in [-0.3, -0.25) is 29.0 Å². The number of aliphatic hydroxyl groups is 1. The van der Waals surface area contributed by atoms with Crippen molar-refractivity contribution < 1.29 is 44.7 Å². The number of carboxylic acids is 4. The molecule has 0 aliphatic heterocycles. The molecule has 11 nitrogen and oxygen atoms in total. The van der Waals surface area contributed by atoms with E-state index in [2.05, 4.69) is 20.8 Å². The average Bonchev–Trinajstić information content (AvgIpc) is 2.57. The van der Waals surface area contributed by atoms with Gasteiger partial charge in [-0.25, -0.2) is 0 Å². The van der Waals surface area contributed by atoms with Gasteiger partial charge < -0.3 is 25.5 Å². The van der Waals surface area contributed by atoms with Crippen molar-refractivity contribution in [3.8, 4) is 0 Å². The molecule has 3 atom stereocenters. The Balaban J connectivity index is -0.000000588. The van der Waals surface area contributed by atoms with Gasteiger partial charge in [0.15, 0.2) is 0 Å². The van der Waals surface area contributed by atoms with Crippen LogP contribution in [0.5, 0.6) is 0 Å². The van der Waals surface area contributed by atoms with Crippen LogP contribution in [-0.2, 0) is 19.2 Å². The normalized spacial score (nSPS) is 19.7. The topological polar surface area (TPSA) is 176 Å². The summed E-state index contributed by atoms with van der Waals surface area (Å²) in [5.41, 5.74) is 0. The molecule has 3 unspecified atom stereocenters. The zero-order valence-corrected chi connectivity index (χ0v) is 18.4. The molecule has 184 valence electrons. The van der Waals surface area contributed by atoms with Crippen LogP contribution in [0, 0.1) is 17.8 Å². The van der Waals surface area contributed by atoms with Crippen molar-refractivity contribution in [2.45, 2.75) is 46.1 Å². The molecule has 0 aromatic rings. The molecular formula is C20H38N2Na2O9. The minimum absolute atomic E-state index is 0. The summed E-state index contributed by atoms with van der Waals surface area (Å²) < 4.78 is 0. The first-order valence-corrected chi connectivity index (χ1v) is 10.3. The summed E-state index contributed by atoms with van der Waals surface area (Å²) >= 11 is 0. The van der Waals surface area contributed by atoms with Crippen LogP contribution < -0.4 is 0 Å². The molecule has 0 amide bonds. The molecule has 1 rings (SSSR count). The van der Waals surface area contributed by atoms with Gasteiger partial charge in [-0.1, -0.05) is 27.2 Å². The SMILES string of the molecule is CC1CCC(C(C)C)C(O)C1.O=C(O)CN(CCN(CC(=O)O)CC(=O)O)CC(=O)O.[NaH].[NaH]. The molecule has 0 radical (unpaired) electrons. The number of hydrogen-bond acceptors (Lipinski definition) is 7. The second kappa shape index (κ2) is 20.0. The van der Waals surface area contributed by atoms with E-state index in [1.165, 1.54) is 12.8 Å². The molecule has 1 aliphatic rings. The fourth-order valence-corrected chi connectivity index (χ4v) is 3.63. The van der Waals surface area contributed by atoms with Crippen LogP contribution in [0.15, 0.2) is 0 Å². The number of aliphatic carboxylic acids is 4. The van der Waals surface area contributed by atoms with Gasteiger partial charge in [-0.05, 0) is 30.6 Å². The van der Waals surface area contributed by atoms with E-state index in [0.717, 1.165) is 22.1 Å². The van der Waals surface area contributed by atoms with Gasteiger partial charge in [0.05, 0.1) is 32.3 Å². The first-order valence-electron chi connectivity index (χ1n) is 10.3. The van der Waals surface area contributed by atoms with E-state index < -0.39 is 50.1 Å². The molecule has 5 N–H and O–H groups in total. The summed E-state index contributed by atoms with van der Waals surface area (Å²) in [6, 6.07) is 0. The van der Waals surface area contributed by atoms with Crippen LogP contribution in [-0.4, -0.2) is 164 Å². The van der Waals surface area contributed by atoms with E-state index in [-0.39, 0.29) is 78.3 Å². The van der Waals surface area contributed by atoms with Crippen LogP contribution in [0.3, 0.4) is 0 Å². The van der Waals surface area contributed by atoms with Gasteiger partial charge in [0.2, 0.25) is 0 Å². The van der Waals surface area contributed by atoms with Crippen molar-refractivity contribution in [1.82, 2.24) is 9.80 Å². The molecule has 0 aromatic carbocycles. The van der Waals surface area contributed by atoms with Crippen molar-refractivity contribution in [2.24, 2.45) is 17.8 Å². The van der Waals surface area contributed by atoms with Crippen LogP contribution in [0.25, 0.3) is 0 Å². The molecular weight excluding hydrogens is 458 g/mol. The number of rotatable bonds is 12. The quantitative estimate of drug-likeness (QED) is 0.211. The van der Waals surface area contributed by atoms with Crippen molar-refractivity contribution >= 4 is 83.0 Å². The van der Waals surface area contributed by atoms with Crippen LogP contribution >= 0.6 is 0 Å². The zero-order valence-electron chi connectivity index (χ0n) is 18.4. The molecule has 0 heterocycles. The Hall–Kier alpha value is -0.240. The number of hydrogen-bond donors (Lipinski definition) is 5. The molecule has 0 bridgehead atoms. The number of aliphatic hydroxyl groups excluding tert-OH is 1. The summed E-state index contributed by atoms with van der Waals surface area (Å²) in [6.45, 7) is 4.41.